The van der Waals surface area contributed by atoms with Crippen molar-refractivity contribution in [3.05, 3.63) is 60.2 Å². The molecule has 0 spiro atoms. The van der Waals surface area contributed by atoms with E-state index in [9.17, 15) is 0 Å². The maximum Gasteiger partial charge on any atom is 0.0717 e. The van der Waals surface area contributed by atoms with Crippen LogP contribution in [-0.2, 0) is 11.3 Å². The second-order valence-corrected chi connectivity index (χ2v) is 3.58. The van der Waals surface area contributed by atoms with Crippen LogP contribution in [0.5, 0.6) is 0 Å². The van der Waals surface area contributed by atoms with E-state index in [1.54, 1.807) is 0 Å². The first-order valence-electron chi connectivity index (χ1n) is 5.23. The van der Waals surface area contributed by atoms with E-state index in [1.165, 1.54) is 5.56 Å². The Balaban J connectivity index is 2.10. The lowest BCUT2D eigenvalue weighted by molar-refractivity contribution is 0.125. The smallest absolute Gasteiger partial charge is 0.0717 e. The number of rotatable bonds is 6. The molecular weight excluding hydrogens is 184 g/mol. The van der Waals surface area contributed by atoms with Crippen LogP contribution in [-0.4, -0.2) is 6.61 Å². The van der Waals surface area contributed by atoms with Crippen molar-refractivity contribution >= 4 is 0 Å². The van der Waals surface area contributed by atoms with E-state index in [0.29, 0.717) is 6.61 Å². The quantitative estimate of drug-likeness (QED) is 0.504. The van der Waals surface area contributed by atoms with Gasteiger partial charge in [-0.3, -0.25) is 0 Å². The van der Waals surface area contributed by atoms with Crippen LogP contribution < -0.4 is 0 Å². The highest BCUT2D eigenvalue weighted by molar-refractivity contribution is 5.13. The first-order chi connectivity index (χ1) is 7.29. The van der Waals surface area contributed by atoms with Gasteiger partial charge in [-0.15, -0.1) is 0 Å². The van der Waals surface area contributed by atoms with Crippen LogP contribution in [0.3, 0.4) is 0 Å². The van der Waals surface area contributed by atoms with Crippen LogP contribution in [0.15, 0.2) is 54.6 Å². The lowest BCUT2D eigenvalue weighted by atomic mass is 10.2. The minimum Gasteiger partial charge on any atom is -0.376 e. The molecule has 80 valence electrons. The molecule has 1 heteroatoms. The summed E-state index contributed by atoms with van der Waals surface area (Å²) in [5.41, 5.74) is 2.31. The Labute approximate surface area is 92.1 Å². The van der Waals surface area contributed by atoms with Crippen molar-refractivity contribution in [1.29, 1.82) is 0 Å². The highest BCUT2D eigenvalue weighted by Crippen LogP contribution is 2.01. The second kappa shape index (κ2) is 7.02. The van der Waals surface area contributed by atoms with Gasteiger partial charge >= 0.3 is 0 Å². The fourth-order valence-electron chi connectivity index (χ4n) is 1.20. The van der Waals surface area contributed by atoms with Gasteiger partial charge in [-0.05, 0) is 18.9 Å². The second-order valence-electron chi connectivity index (χ2n) is 3.58. The van der Waals surface area contributed by atoms with Gasteiger partial charge in [-0.1, -0.05) is 54.6 Å². The Bertz CT molecular complexity index is 311. The molecule has 1 aromatic rings. The van der Waals surface area contributed by atoms with Gasteiger partial charge in [0.15, 0.2) is 0 Å². The van der Waals surface area contributed by atoms with Gasteiger partial charge in [0.1, 0.15) is 0 Å². The molecule has 0 atom stereocenters. The zero-order valence-electron chi connectivity index (χ0n) is 9.28. The molecule has 1 aromatic carbocycles. The molecule has 0 aliphatic rings. The summed E-state index contributed by atoms with van der Waals surface area (Å²) >= 11 is 0. The van der Waals surface area contributed by atoms with Crippen molar-refractivity contribution in [3.63, 3.8) is 0 Å². The fourth-order valence-corrected chi connectivity index (χ4v) is 1.20. The van der Waals surface area contributed by atoms with E-state index in [4.69, 9.17) is 4.74 Å². The third-order valence-corrected chi connectivity index (χ3v) is 1.94. The van der Waals surface area contributed by atoms with Crippen molar-refractivity contribution in [2.45, 2.75) is 20.0 Å². The molecule has 0 fully saturated rings. The molecule has 15 heavy (non-hydrogen) atoms. The molecule has 0 amide bonds. The summed E-state index contributed by atoms with van der Waals surface area (Å²) in [5, 5.41) is 0. The van der Waals surface area contributed by atoms with Crippen molar-refractivity contribution < 1.29 is 4.74 Å². The van der Waals surface area contributed by atoms with E-state index in [-0.39, 0.29) is 0 Å². The van der Waals surface area contributed by atoms with E-state index >= 15 is 0 Å². The number of ether oxygens (including phenoxy) is 1. The average Bonchev–Trinajstić information content (AvgIpc) is 2.24. The normalized spacial score (nSPS) is 10.7. The summed E-state index contributed by atoms with van der Waals surface area (Å²) in [4.78, 5) is 0. The summed E-state index contributed by atoms with van der Waals surface area (Å²) in [5.74, 6) is 0. The summed E-state index contributed by atoms with van der Waals surface area (Å²) in [7, 11) is 0. The number of hydrogen-bond donors (Lipinski definition) is 0. The molecule has 0 bridgehead atoms. The first-order valence-corrected chi connectivity index (χ1v) is 5.23. The Kier molecular flexibility index (Phi) is 5.49. The molecular formula is C14H18O. The summed E-state index contributed by atoms with van der Waals surface area (Å²) in [6.45, 7) is 7.24. The van der Waals surface area contributed by atoms with Crippen LogP contribution in [0.2, 0.25) is 0 Å². The van der Waals surface area contributed by atoms with Crippen molar-refractivity contribution in [1.82, 2.24) is 0 Å². The molecule has 1 nitrogen and oxygen atoms in total. The molecule has 0 aliphatic carbocycles. The Morgan fingerprint density at radius 1 is 1.33 bits per heavy atom. The highest BCUT2D eigenvalue weighted by Gasteiger charge is 1.89. The summed E-state index contributed by atoms with van der Waals surface area (Å²) in [6, 6.07) is 10.2. The Morgan fingerprint density at radius 3 is 2.73 bits per heavy atom. The SMILES string of the molecule is C=C(C)/C=C/CCOCc1ccccc1. The summed E-state index contributed by atoms with van der Waals surface area (Å²) < 4.78 is 5.52. The predicted molar refractivity (Wildman–Crippen MR) is 64.7 cm³/mol. The first kappa shape index (κ1) is 11.7. The molecule has 0 radical (unpaired) electrons. The Hall–Kier alpha value is -1.34. The van der Waals surface area contributed by atoms with Gasteiger partial charge in [-0.2, -0.15) is 0 Å². The van der Waals surface area contributed by atoms with E-state index < -0.39 is 0 Å². The number of hydrogen-bond acceptors (Lipinski definition) is 1. The maximum absolute atomic E-state index is 5.52. The van der Waals surface area contributed by atoms with Crippen molar-refractivity contribution in [2.24, 2.45) is 0 Å². The lowest BCUT2D eigenvalue weighted by Crippen LogP contribution is -1.93. The molecule has 0 unspecified atom stereocenters. The molecule has 0 N–H and O–H groups in total. The largest absolute Gasteiger partial charge is 0.376 e. The van der Waals surface area contributed by atoms with Gasteiger partial charge in [-0.25, -0.2) is 0 Å². The van der Waals surface area contributed by atoms with Gasteiger partial charge in [0.05, 0.1) is 13.2 Å². The monoisotopic (exact) mass is 202 g/mol. The van der Waals surface area contributed by atoms with Gasteiger partial charge in [0.2, 0.25) is 0 Å². The maximum atomic E-state index is 5.52. The van der Waals surface area contributed by atoms with Crippen molar-refractivity contribution in [2.75, 3.05) is 6.61 Å². The van der Waals surface area contributed by atoms with Crippen LogP contribution in [0.1, 0.15) is 18.9 Å². The molecule has 0 saturated carbocycles. The van der Waals surface area contributed by atoms with Crippen LogP contribution in [0, 0.1) is 0 Å². The van der Waals surface area contributed by atoms with Crippen LogP contribution >= 0.6 is 0 Å². The molecule has 0 aliphatic heterocycles. The highest BCUT2D eigenvalue weighted by atomic mass is 16.5. The number of benzene rings is 1. The Morgan fingerprint density at radius 2 is 2.07 bits per heavy atom. The van der Waals surface area contributed by atoms with E-state index in [1.807, 2.05) is 31.2 Å². The predicted octanol–water partition coefficient (Wildman–Crippen LogP) is 3.73. The minimum atomic E-state index is 0.696. The van der Waals surface area contributed by atoms with Crippen molar-refractivity contribution in [3.8, 4) is 0 Å². The lowest BCUT2D eigenvalue weighted by Gasteiger charge is -2.01. The van der Waals surface area contributed by atoms with E-state index in [2.05, 4.69) is 24.8 Å². The van der Waals surface area contributed by atoms with E-state index in [0.717, 1.165) is 18.6 Å². The molecule has 0 aromatic heterocycles. The zero-order valence-corrected chi connectivity index (χ0v) is 9.28. The zero-order chi connectivity index (χ0) is 10.9. The average molecular weight is 202 g/mol. The topological polar surface area (TPSA) is 9.23 Å². The van der Waals surface area contributed by atoms with Gasteiger partial charge in [0, 0.05) is 0 Å². The molecule has 0 saturated heterocycles. The third kappa shape index (κ3) is 5.87. The molecule has 1 rings (SSSR count). The standard InChI is InChI=1S/C14H18O/c1-13(2)8-6-7-11-15-12-14-9-4-3-5-10-14/h3-6,8-10H,1,7,11-12H2,2H3/b8-6+. The van der Waals surface area contributed by atoms with Gasteiger partial charge < -0.3 is 4.74 Å². The minimum absolute atomic E-state index is 0.696. The molecule has 0 heterocycles. The van der Waals surface area contributed by atoms with Crippen LogP contribution in [0.4, 0.5) is 0 Å². The summed E-state index contributed by atoms with van der Waals surface area (Å²) in [6.07, 6.45) is 5.05. The fraction of sp³-hybridized carbons (Fsp3) is 0.286. The van der Waals surface area contributed by atoms with Crippen LogP contribution in [0.25, 0.3) is 0 Å². The third-order valence-electron chi connectivity index (χ3n) is 1.94. The number of allylic oxidation sites excluding steroid dienone is 2. The van der Waals surface area contributed by atoms with Gasteiger partial charge in [0.25, 0.3) is 0 Å².